The molecule has 3 nitrogen and oxygen atoms in total. The Morgan fingerprint density at radius 2 is 2.10 bits per heavy atom. The molecule has 1 heterocycles. The van der Waals surface area contributed by atoms with Gasteiger partial charge in [0.25, 0.3) is 0 Å². The highest BCUT2D eigenvalue weighted by Gasteiger charge is 1.96. The van der Waals surface area contributed by atoms with Gasteiger partial charge in [0.15, 0.2) is 0 Å². The zero-order chi connectivity index (χ0) is 7.40. The van der Waals surface area contributed by atoms with Crippen molar-refractivity contribution >= 4 is 0 Å². The average molecular weight is 135 g/mol. The molecule has 0 N–H and O–H groups in total. The van der Waals surface area contributed by atoms with Crippen molar-refractivity contribution in [3.8, 4) is 6.07 Å². The van der Waals surface area contributed by atoms with E-state index in [1.54, 1.807) is 31.6 Å². The lowest BCUT2D eigenvalue weighted by molar-refractivity contribution is -0.885. The van der Waals surface area contributed by atoms with Gasteiger partial charge in [-0.05, 0) is 0 Å². The Morgan fingerprint density at radius 1 is 1.50 bits per heavy atom. The van der Waals surface area contributed by atoms with E-state index in [1.807, 2.05) is 6.07 Å². The first-order valence-corrected chi connectivity index (χ1v) is 2.82. The summed E-state index contributed by atoms with van der Waals surface area (Å²) in [6, 6.07) is 5.38. The number of hydrogen-bond acceptors (Lipinski definition) is 2. The van der Waals surface area contributed by atoms with Crippen molar-refractivity contribution in [1.82, 2.24) is 0 Å². The lowest BCUT2D eigenvalue weighted by atomic mass is 10.3. The van der Waals surface area contributed by atoms with E-state index in [0.29, 0.717) is 5.56 Å². The van der Waals surface area contributed by atoms with E-state index < -0.39 is 0 Å². The molecule has 0 atom stereocenters. The van der Waals surface area contributed by atoms with Crippen LogP contribution in [0.1, 0.15) is 5.56 Å². The van der Waals surface area contributed by atoms with Crippen LogP contribution < -0.4 is 9.57 Å². The van der Waals surface area contributed by atoms with Crippen LogP contribution in [0.3, 0.4) is 0 Å². The summed E-state index contributed by atoms with van der Waals surface area (Å²) in [5, 5.41) is 8.40. The van der Waals surface area contributed by atoms with Gasteiger partial charge >= 0.3 is 0 Å². The molecule has 1 aromatic rings. The Labute approximate surface area is 59.1 Å². The van der Waals surface area contributed by atoms with Crippen LogP contribution >= 0.6 is 0 Å². The molecule has 0 fully saturated rings. The highest BCUT2D eigenvalue weighted by Crippen LogP contribution is 1.88. The monoisotopic (exact) mass is 135 g/mol. The van der Waals surface area contributed by atoms with Gasteiger partial charge in [0.1, 0.15) is 7.11 Å². The van der Waals surface area contributed by atoms with Crippen molar-refractivity contribution in [2.45, 2.75) is 0 Å². The predicted octanol–water partition coefficient (Wildman–Crippen LogP) is -0.0958. The summed E-state index contributed by atoms with van der Waals surface area (Å²) < 4.78 is 1.51. The summed E-state index contributed by atoms with van der Waals surface area (Å²) in [4.78, 5) is 4.82. The van der Waals surface area contributed by atoms with Gasteiger partial charge in [0.2, 0.25) is 12.4 Å². The van der Waals surface area contributed by atoms with Crippen LogP contribution in [-0.4, -0.2) is 7.11 Å². The number of pyridine rings is 1. The highest BCUT2D eigenvalue weighted by atomic mass is 16.6. The number of nitriles is 1. The lowest BCUT2D eigenvalue weighted by Gasteiger charge is -1.87. The van der Waals surface area contributed by atoms with Crippen LogP contribution in [-0.2, 0) is 0 Å². The first-order chi connectivity index (χ1) is 4.86. The Bertz CT molecular complexity index is 247. The third kappa shape index (κ3) is 1.23. The van der Waals surface area contributed by atoms with Gasteiger partial charge in [0, 0.05) is 16.9 Å². The van der Waals surface area contributed by atoms with E-state index in [2.05, 4.69) is 0 Å². The van der Waals surface area contributed by atoms with Crippen LogP contribution in [0.5, 0.6) is 0 Å². The molecule has 50 valence electrons. The largest absolute Gasteiger partial charge is 0.275 e. The minimum atomic E-state index is 0.633. The summed E-state index contributed by atoms with van der Waals surface area (Å²) in [5.41, 5.74) is 0.633. The second-order valence-electron chi connectivity index (χ2n) is 1.74. The number of nitrogens with zero attached hydrogens (tertiary/aromatic N) is 2. The Hall–Kier alpha value is -1.56. The van der Waals surface area contributed by atoms with Crippen molar-refractivity contribution < 1.29 is 9.57 Å². The number of rotatable bonds is 1. The maximum atomic E-state index is 8.40. The van der Waals surface area contributed by atoms with Crippen LogP contribution in [0, 0.1) is 11.3 Å². The summed E-state index contributed by atoms with van der Waals surface area (Å²) >= 11 is 0. The van der Waals surface area contributed by atoms with Gasteiger partial charge in [-0.25, -0.2) is 0 Å². The molecule has 3 heteroatoms. The van der Waals surface area contributed by atoms with Gasteiger partial charge in [-0.15, -0.1) is 0 Å². The van der Waals surface area contributed by atoms with Crippen molar-refractivity contribution in [2.75, 3.05) is 7.11 Å². The van der Waals surface area contributed by atoms with Crippen molar-refractivity contribution in [1.29, 1.82) is 5.26 Å². The van der Waals surface area contributed by atoms with Gasteiger partial charge in [-0.1, -0.05) is 0 Å². The minimum Gasteiger partial charge on any atom is -0.275 e. The third-order valence-corrected chi connectivity index (χ3v) is 1.14. The normalized spacial score (nSPS) is 8.40. The van der Waals surface area contributed by atoms with Crippen LogP contribution in [0.2, 0.25) is 0 Å². The molecule has 0 amide bonds. The molecule has 10 heavy (non-hydrogen) atoms. The molecule has 0 spiro atoms. The summed E-state index contributed by atoms with van der Waals surface area (Å²) in [7, 11) is 1.56. The van der Waals surface area contributed by atoms with E-state index in [9.17, 15) is 0 Å². The van der Waals surface area contributed by atoms with Crippen molar-refractivity contribution in [3.05, 3.63) is 30.1 Å². The van der Waals surface area contributed by atoms with Crippen molar-refractivity contribution in [2.24, 2.45) is 0 Å². The summed E-state index contributed by atoms with van der Waals surface area (Å²) in [6.45, 7) is 0. The fraction of sp³-hybridized carbons (Fsp3) is 0.143. The highest BCUT2D eigenvalue weighted by molar-refractivity contribution is 5.23. The van der Waals surface area contributed by atoms with Crippen LogP contribution in [0.25, 0.3) is 0 Å². The van der Waals surface area contributed by atoms with Gasteiger partial charge in [-0.3, -0.25) is 4.84 Å². The van der Waals surface area contributed by atoms with E-state index in [1.165, 1.54) is 4.73 Å². The lowest BCUT2D eigenvalue weighted by Crippen LogP contribution is -2.39. The molecular formula is C7H7N2O+. The number of hydrogen-bond donors (Lipinski definition) is 0. The molecule has 0 saturated heterocycles. The van der Waals surface area contributed by atoms with Gasteiger partial charge in [-0.2, -0.15) is 5.26 Å². The number of aromatic nitrogens is 1. The molecule has 0 aliphatic rings. The summed E-state index contributed by atoms with van der Waals surface area (Å²) in [6.07, 6.45) is 3.36. The molecule has 0 aliphatic carbocycles. The molecule has 0 radical (unpaired) electrons. The molecule has 0 bridgehead atoms. The fourth-order valence-electron chi connectivity index (χ4n) is 0.609. The minimum absolute atomic E-state index is 0.633. The van der Waals surface area contributed by atoms with E-state index in [-0.39, 0.29) is 0 Å². The summed E-state index contributed by atoms with van der Waals surface area (Å²) in [5.74, 6) is 0. The van der Waals surface area contributed by atoms with Crippen LogP contribution in [0.4, 0.5) is 0 Å². The maximum Gasteiger partial charge on any atom is 0.223 e. The molecule has 0 aliphatic heterocycles. The Kier molecular flexibility index (Phi) is 1.86. The molecular weight excluding hydrogens is 128 g/mol. The molecule has 1 aromatic heterocycles. The maximum absolute atomic E-state index is 8.40. The Morgan fingerprint density at radius 3 is 2.50 bits per heavy atom. The van der Waals surface area contributed by atoms with E-state index in [4.69, 9.17) is 10.1 Å². The SMILES string of the molecule is CO[n+]1ccc(C#N)cc1. The molecule has 0 unspecified atom stereocenters. The molecule has 1 rings (SSSR count). The topological polar surface area (TPSA) is 36.9 Å². The zero-order valence-corrected chi connectivity index (χ0v) is 5.61. The quantitative estimate of drug-likeness (QED) is 0.504. The standard InChI is InChI=1S/C7H7N2O/c1-10-9-4-2-7(6-8)3-5-9/h2-5H,1H3/q+1. The van der Waals surface area contributed by atoms with Crippen LogP contribution in [0.15, 0.2) is 24.5 Å². The van der Waals surface area contributed by atoms with Gasteiger partial charge in [0.05, 0.1) is 11.6 Å². The van der Waals surface area contributed by atoms with Crippen molar-refractivity contribution in [3.63, 3.8) is 0 Å². The Balaban J connectivity index is 2.93. The first kappa shape index (κ1) is 6.56. The van der Waals surface area contributed by atoms with Gasteiger partial charge < -0.3 is 0 Å². The predicted molar refractivity (Wildman–Crippen MR) is 33.9 cm³/mol. The second kappa shape index (κ2) is 2.83. The zero-order valence-electron chi connectivity index (χ0n) is 5.61. The average Bonchev–Trinajstić information content (AvgIpc) is 2.05. The second-order valence-corrected chi connectivity index (χ2v) is 1.74. The van der Waals surface area contributed by atoms with E-state index >= 15 is 0 Å². The molecule has 0 aromatic carbocycles. The molecule has 0 saturated carbocycles. The fourth-order valence-corrected chi connectivity index (χ4v) is 0.609. The smallest absolute Gasteiger partial charge is 0.223 e. The first-order valence-electron chi connectivity index (χ1n) is 2.82. The van der Waals surface area contributed by atoms with E-state index in [0.717, 1.165) is 0 Å². The third-order valence-electron chi connectivity index (χ3n) is 1.14.